The second-order valence-corrected chi connectivity index (χ2v) is 4.50. The molecule has 6 nitrogen and oxygen atoms in total. The van der Waals surface area contributed by atoms with Crippen LogP contribution in [0.15, 0.2) is 30.3 Å². The zero-order valence-corrected chi connectivity index (χ0v) is 11.3. The van der Waals surface area contributed by atoms with Crippen LogP contribution in [0.5, 0.6) is 5.75 Å². The van der Waals surface area contributed by atoms with E-state index in [-0.39, 0.29) is 11.4 Å². The molecule has 0 bridgehead atoms. The van der Waals surface area contributed by atoms with E-state index in [1.54, 1.807) is 0 Å². The van der Waals surface area contributed by atoms with Gasteiger partial charge < -0.3 is 10.4 Å². The summed E-state index contributed by atoms with van der Waals surface area (Å²) in [5, 5.41) is 22.5. The summed E-state index contributed by atoms with van der Waals surface area (Å²) in [6.07, 6.45) is 0. The zero-order chi connectivity index (χ0) is 16.4. The van der Waals surface area contributed by atoms with Crippen molar-refractivity contribution in [3.63, 3.8) is 0 Å². The number of rotatable bonds is 3. The lowest BCUT2D eigenvalue weighted by Gasteiger charge is -2.08. The van der Waals surface area contributed by atoms with Crippen molar-refractivity contribution in [2.24, 2.45) is 0 Å². The number of anilines is 1. The second kappa shape index (κ2) is 5.76. The molecule has 0 aliphatic carbocycles. The predicted octanol–water partition coefficient (Wildman–Crippen LogP) is 3.14. The van der Waals surface area contributed by atoms with E-state index in [1.807, 2.05) is 0 Å². The molecular weight excluding hydrogens is 298 g/mol. The molecule has 0 atom stereocenters. The van der Waals surface area contributed by atoms with Gasteiger partial charge in [-0.15, -0.1) is 0 Å². The highest BCUT2D eigenvalue weighted by Crippen LogP contribution is 2.24. The summed E-state index contributed by atoms with van der Waals surface area (Å²) in [4.78, 5) is 22.1. The van der Waals surface area contributed by atoms with E-state index in [9.17, 15) is 28.8 Å². The Labute approximate surface area is 123 Å². The number of phenolic OH excluding ortho intramolecular Hbond substituents is 1. The molecule has 0 saturated carbocycles. The number of halogens is 2. The number of hydrogen-bond acceptors (Lipinski definition) is 4. The summed E-state index contributed by atoms with van der Waals surface area (Å²) >= 11 is 0. The lowest BCUT2D eigenvalue weighted by Crippen LogP contribution is -2.13. The van der Waals surface area contributed by atoms with Crippen LogP contribution < -0.4 is 5.32 Å². The summed E-state index contributed by atoms with van der Waals surface area (Å²) in [5.41, 5.74) is -0.0295. The van der Waals surface area contributed by atoms with E-state index in [2.05, 4.69) is 5.32 Å². The first-order valence-corrected chi connectivity index (χ1v) is 6.04. The standard InChI is InChI=1S/C14H10F2N2O4/c1-7-4-8(2-3-12(7)18(21)22)17-14(20)9-5-10(15)11(16)6-13(9)19/h2-6,19H,1H3,(H,17,20). The number of carbonyl (C=O) groups excluding carboxylic acids is 1. The molecule has 0 aromatic heterocycles. The maximum Gasteiger partial charge on any atom is 0.272 e. The number of benzene rings is 2. The normalized spacial score (nSPS) is 10.3. The highest BCUT2D eigenvalue weighted by molar-refractivity contribution is 6.06. The van der Waals surface area contributed by atoms with Crippen molar-refractivity contribution in [1.29, 1.82) is 0 Å². The lowest BCUT2D eigenvalue weighted by molar-refractivity contribution is -0.385. The van der Waals surface area contributed by atoms with Gasteiger partial charge in [0.15, 0.2) is 11.6 Å². The van der Waals surface area contributed by atoms with Crippen LogP contribution in [-0.4, -0.2) is 15.9 Å². The van der Waals surface area contributed by atoms with Gasteiger partial charge in [0.05, 0.1) is 10.5 Å². The molecule has 0 heterocycles. The molecular formula is C14H10F2N2O4. The molecule has 2 aromatic carbocycles. The van der Waals surface area contributed by atoms with E-state index in [0.717, 1.165) is 0 Å². The monoisotopic (exact) mass is 308 g/mol. The first kappa shape index (κ1) is 15.4. The van der Waals surface area contributed by atoms with Gasteiger partial charge in [0.2, 0.25) is 0 Å². The number of hydrogen-bond donors (Lipinski definition) is 2. The molecule has 2 rings (SSSR count). The maximum absolute atomic E-state index is 13.1. The van der Waals surface area contributed by atoms with Crippen molar-refractivity contribution >= 4 is 17.3 Å². The molecule has 0 aliphatic rings. The Hall–Kier alpha value is -3.03. The topological polar surface area (TPSA) is 92.5 Å². The van der Waals surface area contributed by atoms with E-state index < -0.39 is 33.8 Å². The van der Waals surface area contributed by atoms with Crippen molar-refractivity contribution in [1.82, 2.24) is 0 Å². The van der Waals surface area contributed by atoms with Crippen LogP contribution in [0.4, 0.5) is 20.2 Å². The third-order valence-electron chi connectivity index (χ3n) is 2.93. The molecule has 0 spiro atoms. The van der Waals surface area contributed by atoms with Crippen LogP contribution in [0.1, 0.15) is 15.9 Å². The molecule has 1 amide bonds. The predicted molar refractivity (Wildman–Crippen MR) is 73.8 cm³/mol. The Morgan fingerprint density at radius 1 is 1.23 bits per heavy atom. The van der Waals surface area contributed by atoms with Gasteiger partial charge in [-0.25, -0.2) is 8.78 Å². The quantitative estimate of drug-likeness (QED) is 0.673. The summed E-state index contributed by atoms with van der Waals surface area (Å²) in [7, 11) is 0. The minimum Gasteiger partial charge on any atom is -0.507 e. The molecule has 0 unspecified atom stereocenters. The summed E-state index contributed by atoms with van der Waals surface area (Å²) in [6.45, 7) is 1.49. The minimum atomic E-state index is -1.28. The third kappa shape index (κ3) is 3.00. The Morgan fingerprint density at radius 2 is 1.86 bits per heavy atom. The fourth-order valence-electron chi connectivity index (χ4n) is 1.85. The summed E-state index contributed by atoms with van der Waals surface area (Å²) in [5.74, 6) is -4.14. The third-order valence-corrected chi connectivity index (χ3v) is 2.93. The number of amides is 1. The van der Waals surface area contributed by atoms with Crippen molar-refractivity contribution in [3.8, 4) is 5.75 Å². The summed E-state index contributed by atoms with van der Waals surface area (Å²) < 4.78 is 26.0. The number of nitro benzene ring substituents is 1. The zero-order valence-electron chi connectivity index (χ0n) is 11.3. The molecule has 22 heavy (non-hydrogen) atoms. The molecule has 0 aliphatic heterocycles. The molecule has 0 radical (unpaired) electrons. The van der Waals surface area contributed by atoms with E-state index in [0.29, 0.717) is 17.7 Å². The Morgan fingerprint density at radius 3 is 2.45 bits per heavy atom. The van der Waals surface area contributed by atoms with E-state index >= 15 is 0 Å². The van der Waals surface area contributed by atoms with Crippen molar-refractivity contribution in [2.75, 3.05) is 5.32 Å². The van der Waals surface area contributed by atoms with Gasteiger partial charge >= 0.3 is 0 Å². The van der Waals surface area contributed by atoms with Gasteiger partial charge in [0, 0.05) is 23.4 Å². The van der Waals surface area contributed by atoms with Crippen LogP contribution in [0.2, 0.25) is 0 Å². The highest BCUT2D eigenvalue weighted by atomic mass is 19.2. The van der Waals surface area contributed by atoms with Crippen LogP contribution in [-0.2, 0) is 0 Å². The SMILES string of the molecule is Cc1cc(NC(=O)c2cc(F)c(F)cc2O)ccc1[N+](=O)[O-]. The molecule has 0 fully saturated rings. The average Bonchev–Trinajstić information content (AvgIpc) is 2.42. The highest BCUT2D eigenvalue weighted by Gasteiger charge is 2.17. The average molecular weight is 308 g/mol. The number of aromatic hydroxyl groups is 1. The second-order valence-electron chi connectivity index (χ2n) is 4.50. The van der Waals surface area contributed by atoms with Crippen molar-refractivity contribution in [3.05, 3.63) is 63.2 Å². The van der Waals surface area contributed by atoms with Crippen LogP contribution in [0.25, 0.3) is 0 Å². The van der Waals surface area contributed by atoms with Crippen LogP contribution in [0, 0.1) is 28.7 Å². The number of aryl methyl sites for hydroxylation is 1. The van der Waals surface area contributed by atoms with Crippen molar-refractivity contribution in [2.45, 2.75) is 6.92 Å². The number of carbonyl (C=O) groups is 1. The van der Waals surface area contributed by atoms with Gasteiger partial charge in [0.25, 0.3) is 11.6 Å². The smallest absolute Gasteiger partial charge is 0.272 e. The first-order chi connectivity index (χ1) is 10.3. The largest absolute Gasteiger partial charge is 0.507 e. The van der Waals surface area contributed by atoms with Crippen LogP contribution >= 0.6 is 0 Å². The number of phenols is 1. The fourth-order valence-corrected chi connectivity index (χ4v) is 1.85. The molecule has 114 valence electrons. The molecule has 2 N–H and O–H groups in total. The Bertz CT molecular complexity index is 778. The number of nitro groups is 1. The van der Waals surface area contributed by atoms with Gasteiger partial charge in [-0.05, 0) is 25.1 Å². The van der Waals surface area contributed by atoms with Crippen molar-refractivity contribution < 1.29 is 23.6 Å². The van der Waals surface area contributed by atoms with Gasteiger partial charge in [-0.2, -0.15) is 0 Å². The van der Waals surface area contributed by atoms with Gasteiger partial charge in [-0.1, -0.05) is 0 Å². The summed E-state index contributed by atoms with van der Waals surface area (Å²) in [6, 6.07) is 4.91. The number of nitrogens with zero attached hydrogens (tertiary/aromatic N) is 1. The maximum atomic E-state index is 13.1. The van der Waals surface area contributed by atoms with Gasteiger partial charge in [0.1, 0.15) is 5.75 Å². The minimum absolute atomic E-state index is 0.117. The van der Waals surface area contributed by atoms with E-state index in [4.69, 9.17) is 0 Å². The van der Waals surface area contributed by atoms with Crippen LogP contribution in [0.3, 0.4) is 0 Å². The first-order valence-electron chi connectivity index (χ1n) is 6.04. The van der Waals surface area contributed by atoms with E-state index in [1.165, 1.54) is 25.1 Å². The lowest BCUT2D eigenvalue weighted by atomic mass is 10.1. The molecule has 8 heteroatoms. The fraction of sp³-hybridized carbons (Fsp3) is 0.0714. The molecule has 2 aromatic rings. The number of nitrogens with one attached hydrogen (secondary N) is 1. The Kier molecular flexibility index (Phi) is 4.02. The molecule has 0 saturated heterocycles. The van der Waals surface area contributed by atoms with Gasteiger partial charge in [-0.3, -0.25) is 14.9 Å². The Balaban J connectivity index is 2.28.